The Kier molecular flexibility index (Phi) is 4.54. The van der Waals surface area contributed by atoms with E-state index in [0.29, 0.717) is 0 Å². The Morgan fingerprint density at radius 3 is 2.71 bits per heavy atom. The van der Waals surface area contributed by atoms with E-state index in [9.17, 15) is 0 Å². The van der Waals surface area contributed by atoms with Crippen LogP contribution in [-0.2, 0) is 11.2 Å². The fourth-order valence-electron chi connectivity index (χ4n) is 2.03. The predicted octanol–water partition coefficient (Wildman–Crippen LogP) is 2.62. The molecule has 1 N–H and O–H groups in total. The minimum Gasteiger partial charge on any atom is -0.383 e. The van der Waals surface area contributed by atoms with Crippen LogP contribution in [0.1, 0.15) is 5.56 Å². The summed E-state index contributed by atoms with van der Waals surface area (Å²) in [6.45, 7) is 2.69. The lowest BCUT2D eigenvalue weighted by Crippen LogP contribution is -2.21. The highest BCUT2D eigenvalue weighted by Gasteiger charge is 1.99. The van der Waals surface area contributed by atoms with Gasteiger partial charge in [-0.2, -0.15) is 0 Å². The lowest BCUT2D eigenvalue weighted by atomic mass is 10.0. The van der Waals surface area contributed by atoms with E-state index < -0.39 is 0 Å². The molecule has 0 aliphatic heterocycles. The molecule has 2 nitrogen and oxygen atoms in total. The van der Waals surface area contributed by atoms with Crippen molar-refractivity contribution < 1.29 is 4.74 Å². The van der Waals surface area contributed by atoms with Crippen molar-refractivity contribution in [1.29, 1.82) is 0 Å². The summed E-state index contributed by atoms with van der Waals surface area (Å²) in [7, 11) is 1.73. The first kappa shape index (κ1) is 12.1. The van der Waals surface area contributed by atoms with Gasteiger partial charge in [-0.3, -0.25) is 0 Å². The summed E-state index contributed by atoms with van der Waals surface area (Å²) in [5, 5.41) is 6.06. The van der Waals surface area contributed by atoms with E-state index in [1.54, 1.807) is 7.11 Å². The van der Waals surface area contributed by atoms with Crippen LogP contribution in [0.25, 0.3) is 10.8 Å². The molecule has 2 rings (SSSR count). The van der Waals surface area contributed by atoms with Crippen LogP contribution in [-0.4, -0.2) is 26.8 Å². The van der Waals surface area contributed by atoms with Crippen molar-refractivity contribution in [1.82, 2.24) is 5.32 Å². The Hall–Kier alpha value is -1.38. The SMILES string of the molecule is COCCNCCc1cccc2ccccc12. The second-order valence-corrected chi connectivity index (χ2v) is 4.13. The second kappa shape index (κ2) is 6.38. The van der Waals surface area contributed by atoms with Gasteiger partial charge in [-0.05, 0) is 29.3 Å². The molecule has 0 unspecified atom stereocenters. The normalized spacial score (nSPS) is 10.9. The molecule has 0 amide bonds. The van der Waals surface area contributed by atoms with E-state index in [1.807, 2.05) is 0 Å². The maximum atomic E-state index is 5.00. The van der Waals surface area contributed by atoms with E-state index >= 15 is 0 Å². The topological polar surface area (TPSA) is 21.3 Å². The number of rotatable bonds is 6. The average Bonchev–Trinajstić information content (AvgIpc) is 2.39. The number of fused-ring (bicyclic) bond motifs is 1. The predicted molar refractivity (Wildman–Crippen MR) is 72.4 cm³/mol. The molecule has 0 saturated heterocycles. The van der Waals surface area contributed by atoms with Gasteiger partial charge in [-0.1, -0.05) is 42.5 Å². The minimum atomic E-state index is 0.773. The number of nitrogens with one attached hydrogen (secondary N) is 1. The molecule has 2 aromatic carbocycles. The van der Waals surface area contributed by atoms with Crippen LogP contribution < -0.4 is 5.32 Å². The molecule has 90 valence electrons. The zero-order valence-electron chi connectivity index (χ0n) is 10.3. The molecule has 2 heteroatoms. The quantitative estimate of drug-likeness (QED) is 0.769. The lowest BCUT2D eigenvalue weighted by molar-refractivity contribution is 0.199. The van der Waals surface area contributed by atoms with Crippen molar-refractivity contribution in [3.8, 4) is 0 Å². The molecule has 0 aromatic heterocycles. The zero-order chi connectivity index (χ0) is 11.9. The van der Waals surface area contributed by atoms with E-state index in [2.05, 4.69) is 47.8 Å². The van der Waals surface area contributed by atoms with Crippen molar-refractivity contribution in [3.63, 3.8) is 0 Å². The molecular formula is C15H19NO. The Labute approximate surface area is 103 Å². The van der Waals surface area contributed by atoms with Gasteiger partial charge in [-0.15, -0.1) is 0 Å². The maximum Gasteiger partial charge on any atom is 0.0587 e. The highest BCUT2D eigenvalue weighted by molar-refractivity contribution is 5.85. The summed E-state index contributed by atoms with van der Waals surface area (Å²) >= 11 is 0. The number of methoxy groups -OCH3 is 1. The summed E-state index contributed by atoms with van der Waals surface area (Å²) < 4.78 is 5.00. The van der Waals surface area contributed by atoms with Crippen molar-refractivity contribution in [2.75, 3.05) is 26.8 Å². The Morgan fingerprint density at radius 2 is 1.82 bits per heavy atom. The maximum absolute atomic E-state index is 5.00. The van der Waals surface area contributed by atoms with Gasteiger partial charge in [-0.25, -0.2) is 0 Å². The third-order valence-electron chi connectivity index (χ3n) is 2.93. The minimum absolute atomic E-state index is 0.773. The van der Waals surface area contributed by atoms with E-state index in [-0.39, 0.29) is 0 Å². The largest absolute Gasteiger partial charge is 0.383 e. The first-order valence-corrected chi connectivity index (χ1v) is 6.08. The van der Waals surface area contributed by atoms with Gasteiger partial charge in [0.15, 0.2) is 0 Å². The van der Waals surface area contributed by atoms with Crippen molar-refractivity contribution in [2.45, 2.75) is 6.42 Å². The highest BCUT2D eigenvalue weighted by Crippen LogP contribution is 2.18. The van der Waals surface area contributed by atoms with Crippen molar-refractivity contribution in [3.05, 3.63) is 48.0 Å². The molecule has 0 spiro atoms. The fourth-order valence-corrected chi connectivity index (χ4v) is 2.03. The Balaban J connectivity index is 1.98. The number of hydrogen-bond donors (Lipinski definition) is 1. The Bertz CT molecular complexity index is 462. The van der Waals surface area contributed by atoms with Gasteiger partial charge in [0.2, 0.25) is 0 Å². The number of benzene rings is 2. The van der Waals surface area contributed by atoms with Gasteiger partial charge >= 0.3 is 0 Å². The smallest absolute Gasteiger partial charge is 0.0587 e. The van der Waals surface area contributed by atoms with Crippen LogP contribution in [0.4, 0.5) is 0 Å². The summed E-state index contributed by atoms with van der Waals surface area (Å²) in [4.78, 5) is 0. The van der Waals surface area contributed by atoms with E-state index in [0.717, 1.165) is 26.1 Å². The summed E-state index contributed by atoms with van der Waals surface area (Å²) in [6.07, 6.45) is 1.06. The molecule has 0 aliphatic carbocycles. The monoisotopic (exact) mass is 229 g/mol. The Morgan fingerprint density at radius 1 is 1.00 bits per heavy atom. The van der Waals surface area contributed by atoms with Gasteiger partial charge in [0.25, 0.3) is 0 Å². The molecular weight excluding hydrogens is 210 g/mol. The van der Waals surface area contributed by atoms with Crippen LogP contribution in [0.5, 0.6) is 0 Å². The summed E-state index contributed by atoms with van der Waals surface area (Å²) in [5.41, 5.74) is 1.41. The van der Waals surface area contributed by atoms with Gasteiger partial charge in [0, 0.05) is 13.7 Å². The molecule has 0 atom stereocenters. The van der Waals surface area contributed by atoms with Crippen molar-refractivity contribution >= 4 is 10.8 Å². The molecule has 0 radical (unpaired) electrons. The van der Waals surface area contributed by atoms with Crippen molar-refractivity contribution in [2.24, 2.45) is 0 Å². The molecule has 0 fully saturated rings. The molecule has 0 aliphatic rings. The number of ether oxygens (including phenoxy) is 1. The van der Waals surface area contributed by atoms with E-state index in [1.165, 1.54) is 16.3 Å². The fraction of sp³-hybridized carbons (Fsp3) is 0.333. The van der Waals surface area contributed by atoms with Crippen LogP contribution in [0.3, 0.4) is 0 Å². The molecule has 0 bridgehead atoms. The summed E-state index contributed by atoms with van der Waals surface area (Å²) in [5.74, 6) is 0. The second-order valence-electron chi connectivity index (χ2n) is 4.13. The van der Waals surface area contributed by atoms with Crippen LogP contribution in [0.2, 0.25) is 0 Å². The van der Waals surface area contributed by atoms with Crippen LogP contribution in [0.15, 0.2) is 42.5 Å². The van der Waals surface area contributed by atoms with Gasteiger partial charge < -0.3 is 10.1 Å². The molecule has 0 heterocycles. The standard InChI is InChI=1S/C15H19NO/c1-17-12-11-16-10-9-14-7-4-6-13-5-2-3-8-15(13)14/h2-8,16H,9-12H2,1H3. The lowest BCUT2D eigenvalue weighted by Gasteiger charge is -2.07. The zero-order valence-corrected chi connectivity index (χ0v) is 10.3. The molecule has 0 saturated carbocycles. The van der Waals surface area contributed by atoms with Gasteiger partial charge in [0.1, 0.15) is 0 Å². The molecule has 2 aromatic rings. The third-order valence-corrected chi connectivity index (χ3v) is 2.93. The highest BCUT2D eigenvalue weighted by atomic mass is 16.5. The van der Waals surface area contributed by atoms with Gasteiger partial charge in [0.05, 0.1) is 6.61 Å². The first-order chi connectivity index (χ1) is 8.42. The van der Waals surface area contributed by atoms with Crippen LogP contribution in [0, 0.1) is 0 Å². The van der Waals surface area contributed by atoms with Crippen LogP contribution >= 0.6 is 0 Å². The average molecular weight is 229 g/mol. The van der Waals surface area contributed by atoms with E-state index in [4.69, 9.17) is 4.74 Å². The summed E-state index contributed by atoms with van der Waals surface area (Å²) in [6, 6.07) is 15.1. The number of hydrogen-bond acceptors (Lipinski definition) is 2. The first-order valence-electron chi connectivity index (χ1n) is 6.08. The molecule has 17 heavy (non-hydrogen) atoms. The third kappa shape index (κ3) is 3.29.